The van der Waals surface area contributed by atoms with Crippen LogP contribution in [0.2, 0.25) is 0 Å². The summed E-state index contributed by atoms with van der Waals surface area (Å²) < 4.78 is 5.83. The van der Waals surface area contributed by atoms with E-state index >= 15 is 0 Å². The lowest BCUT2D eigenvalue weighted by atomic mass is 9.96. The number of rotatable bonds is 8. The average molecular weight is 512 g/mol. The molecule has 5 rings (SSSR count). The summed E-state index contributed by atoms with van der Waals surface area (Å²) in [4.78, 5) is 19.4. The SMILES string of the molecule is CCc1cc(C(c2ccccc2OC)N2CCN(c3ccccc3)CC2)c(NC(=O)c2ccccc2)s1. The first-order valence-corrected chi connectivity index (χ1v) is 13.7. The van der Waals surface area contributed by atoms with Gasteiger partial charge in [0, 0.05) is 53.4 Å². The van der Waals surface area contributed by atoms with E-state index < -0.39 is 0 Å². The van der Waals surface area contributed by atoms with Gasteiger partial charge in [0.1, 0.15) is 10.8 Å². The standard InChI is InChI=1S/C31H33N3O2S/c1-3-25-22-27(31(37-25)32-30(35)23-12-6-4-7-13-23)29(26-16-10-11-17-28(26)36-2)34-20-18-33(19-21-34)24-14-8-5-9-15-24/h4-17,22,29H,3,18-21H2,1-2H3,(H,32,35). The second kappa shape index (κ2) is 11.6. The lowest BCUT2D eigenvalue weighted by Gasteiger charge is -2.41. The molecule has 1 aromatic heterocycles. The molecule has 37 heavy (non-hydrogen) atoms. The van der Waals surface area contributed by atoms with Gasteiger partial charge >= 0.3 is 0 Å². The van der Waals surface area contributed by atoms with E-state index in [2.05, 4.69) is 70.6 Å². The highest BCUT2D eigenvalue weighted by Gasteiger charge is 2.32. The first-order chi connectivity index (χ1) is 18.2. The average Bonchev–Trinajstić information content (AvgIpc) is 3.37. The minimum Gasteiger partial charge on any atom is -0.496 e. The highest BCUT2D eigenvalue weighted by atomic mass is 32.1. The number of carbonyl (C=O) groups excluding carboxylic acids is 1. The Bertz CT molecular complexity index is 1310. The van der Waals surface area contributed by atoms with E-state index in [4.69, 9.17) is 4.74 Å². The molecule has 2 heterocycles. The smallest absolute Gasteiger partial charge is 0.256 e. The number of nitrogens with zero attached hydrogens (tertiary/aromatic N) is 2. The van der Waals surface area contributed by atoms with Crippen LogP contribution in [0.25, 0.3) is 0 Å². The van der Waals surface area contributed by atoms with E-state index in [0.29, 0.717) is 5.56 Å². The first kappa shape index (κ1) is 25.1. The molecule has 0 spiro atoms. The Hall–Kier alpha value is -3.61. The monoisotopic (exact) mass is 511 g/mol. The van der Waals surface area contributed by atoms with E-state index in [1.165, 1.54) is 10.6 Å². The van der Waals surface area contributed by atoms with Crippen LogP contribution < -0.4 is 15.0 Å². The summed E-state index contributed by atoms with van der Waals surface area (Å²) in [6.07, 6.45) is 0.916. The number of ether oxygens (including phenoxy) is 1. The van der Waals surface area contributed by atoms with E-state index in [0.717, 1.165) is 54.5 Å². The van der Waals surface area contributed by atoms with Crippen molar-refractivity contribution in [3.05, 3.63) is 113 Å². The maximum atomic E-state index is 13.2. The summed E-state index contributed by atoms with van der Waals surface area (Å²) in [7, 11) is 1.73. The molecule has 0 radical (unpaired) electrons. The van der Waals surface area contributed by atoms with Gasteiger partial charge in [0.05, 0.1) is 13.2 Å². The Labute approximate surface area is 223 Å². The second-order valence-corrected chi connectivity index (χ2v) is 10.3. The van der Waals surface area contributed by atoms with Crippen molar-refractivity contribution in [2.24, 2.45) is 0 Å². The Morgan fingerprint density at radius 3 is 2.22 bits per heavy atom. The van der Waals surface area contributed by atoms with Gasteiger partial charge in [-0.15, -0.1) is 11.3 Å². The number of amides is 1. The van der Waals surface area contributed by atoms with E-state index in [1.807, 2.05) is 42.5 Å². The quantitative estimate of drug-likeness (QED) is 0.294. The molecule has 1 N–H and O–H groups in total. The predicted octanol–water partition coefficient (Wildman–Crippen LogP) is 6.48. The number of hydrogen-bond acceptors (Lipinski definition) is 5. The summed E-state index contributed by atoms with van der Waals surface area (Å²) in [5, 5.41) is 4.15. The number of aryl methyl sites for hydroxylation is 1. The highest BCUT2D eigenvalue weighted by molar-refractivity contribution is 7.16. The third kappa shape index (κ3) is 5.55. The van der Waals surface area contributed by atoms with Crippen molar-refractivity contribution >= 4 is 27.9 Å². The molecular formula is C31H33N3O2S. The topological polar surface area (TPSA) is 44.8 Å². The molecule has 6 heteroatoms. The van der Waals surface area contributed by atoms with Crippen molar-refractivity contribution in [1.29, 1.82) is 0 Å². The normalized spacial score (nSPS) is 14.8. The minimum absolute atomic E-state index is 0.0308. The molecule has 0 aliphatic carbocycles. The van der Waals surface area contributed by atoms with Crippen LogP contribution in [0.3, 0.4) is 0 Å². The molecule has 1 aliphatic rings. The fourth-order valence-corrected chi connectivity index (χ4v) is 6.05. The molecule has 3 aromatic carbocycles. The van der Waals surface area contributed by atoms with Crippen LogP contribution in [0.15, 0.2) is 91.0 Å². The molecule has 1 aliphatic heterocycles. The highest BCUT2D eigenvalue weighted by Crippen LogP contribution is 2.42. The third-order valence-electron chi connectivity index (χ3n) is 6.95. The van der Waals surface area contributed by atoms with Crippen molar-refractivity contribution in [1.82, 2.24) is 4.90 Å². The predicted molar refractivity (Wildman–Crippen MR) is 153 cm³/mol. The minimum atomic E-state index is -0.0842. The van der Waals surface area contributed by atoms with Gasteiger partial charge in [0.25, 0.3) is 5.91 Å². The van der Waals surface area contributed by atoms with Crippen LogP contribution in [0.4, 0.5) is 10.7 Å². The molecule has 1 unspecified atom stereocenters. The number of benzene rings is 3. The van der Waals surface area contributed by atoms with Crippen LogP contribution in [0.1, 0.15) is 39.3 Å². The van der Waals surface area contributed by atoms with Gasteiger partial charge in [0.15, 0.2) is 0 Å². The largest absolute Gasteiger partial charge is 0.496 e. The lowest BCUT2D eigenvalue weighted by molar-refractivity contribution is 0.102. The number of para-hydroxylation sites is 2. The summed E-state index contributed by atoms with van der Waals surface area (Å²) in [6, 6.07) is 30.5. The number of hydrogen-bond donors (Lipinski definition) is 1. The summed E-state index contributed by atoms with van der Waals surface area (Å²) >= 11 is 1.67. The van der Waals surface area contributed by atoms with Gasteiger partial charge in [-0.3, -0.25) is 9.69 Å². The number of thiophene rings is 1. The number of piperazine rings is 1. The Morgan fingerprint density at radius 2 is 1.54 bits per heavy atom. The van der Waals surface area contributed by atoms with Crippen molar-refractivity contribution in [2.75, 3.05) is 43.5 Å². The van der Waals surface area contributed by atoms with E-state index in [-0.39, 0.29) is 11.9 Å². The van der Waals surface area contributed by atoms with Crippen LogP contribution in [-0.2, 0) is 6.42 Å². The molecule has 0 saturated carbocycles. The number of anilines is 2. The van der Waals surface area contributed by atoms with Crippen molar-refractivity contribution in [3.8, 4) is 5.75 Å². The van der Waals surface area contributed by atoms with Gasteiger partial charge in [-0.25, -0.2) is 0 Å². The summed E-state index contributed by atoms with van der Waals surface area (Å²) in [5.41, 5.74) is 4.17. The van der Waals surface area contributed by atoms with Crippen LogP contribution >= 0.6 is 11.3 Å². The van der Waals surface area contributed by atoms with Crippen molar-refractivity contribution in [3.63, 3.8) is 0 Å². The second-order valence-electron chi connectivity index (χ2n) is 9.17. The zero-order chi connectivity index (χ0) is 25.6. The number of methoxy groups -OCH3 is 1. The van der Waals surface area contributed by atoms with Crippen molar-refractivity contribution < 1.29 is 9.53 Å². The Balaban J connectivity index is 1.50. The van der Waals surface area contributed by atoms with Crippen LogP contribution in [-0.4, -0.2) is 44.1 Å². The molecule has 190 valence electrons. The maximum Gasteiger partial charge on any atom is 0.256 e. The molecular weight excluding hydrogens is 478 g/mol. The molecule has 5 nitrogen and oxygen atoms in total. The fourth-order valence-electron chi connectivity index (χ4n) is 5.03. The maximum absolute atomic E-state index is 13.2. The van der Waals surface area contributed by atoms with Crippen LogP contribution in [0.5, 0.6) is 5.75 Å². The molecule has 1 saturated heterocycles. The zero-order valence-electron chi connectivity index (χ0n) is 21.4. The molecule has 1 atom stereocenters. The Kier molecular flexibility index (Phi) is 7.87. The number of carbonyl (C=O) groups is 1. The van der Waals surface area contributed by atoms with E-state index in [9.17, 15) is 4.79 Å². The van der Waals surface area contributed by atoms with Gasteiger partial charge in [-0.2, -0.15) is 0 Å². The summed E-state index contributed by atoms with van der Waals surface area (Å²) in [6.45, 7) is 5.84. The molecule has 1 fully saturated rings. The van der Waals surface area contributed by atoms with Gasteiger partial charge in [0.2, 0.25) is 0 Å². The summed E-state index contributed by atoms with van der Waals surface area (Å²) in [5.74, 6) is 0.779. The number of nitrogens with one attached hydrogen (secondary N) is 1. The third-order valence-corrected chi connectivity index (χ3v) is 8.16. The van der Waals surface area contributed by atoms with Gasteiger partial charge < -0.3 is 15.0 Å². The fraction of sp³-hybridized carbons (Fsp3) is 0.258. The Morgan fingerprint density at radius 1 is 0.892 bits per heavy atom. The molecule has 0 bridgehead atoms. The van der Waals surface area contributed by atoms with Gasteiger partial charge in [-0.05, 0) is 42.8 Å². The first-order valence-electron chi connectivity index (χ1n) is 12.8. The van der Waals surface area contributed by atoms with Crippen molar-refractivity contribution in [2.45, 2.75) is 19.4 Å². The zero-order valence-corrected chi connectivity index (χ0v) is 22.2. The van der Waals surface area contributed by atoms with Crippen LogP contribution in [0, 0.1) is 0 Å². The molecule has 1 amide bonds. The molecule has 4 aromatic rings. The lowest BCUT2D eigenvalue weighted by Crippen LogP contribution is -2.48. The van der Waals surface area contributed by atoms with Gasteiger partial charge in [-0.1, -0.05) is 61.5 Å². The van der Waals surface area contributed by atoms with E-state index in [1.54, 1.807) is 18.4 Å².